The zero-order valence-electron chi connectivity index (χ0n) is 25.0. The third-order valence-electron chi connectivity index (χ3n) is 8.69. The van der Waals surface area contributed by atoms with Gasteiger partial charge >= 0.3 is 12.1 Å². The van der Waals surface area contributed by atoms with Crippen molar-refractivity contribution in [2.24, 2.45) is 16.7 Å². The quantitative estimate of drug-likeness (QED) is 0.444. The van der Waals surface area contributed by atoms with Gasteiger partial charge in [-0.3, -0.25) is 14.5 Å². The summed E-state index contributed by atoms with van der Waals surface area (Å²) < 4.78 is 6.06. The van der Waals surface area contributed by atoms with Gasteiger partial charge in [0.25, 0.3) is 0 Å². The molecule has 1 aromatic carbocycles. The fourth-order valence-corrected chi connectivity index (χ4v) is 7.17. The number of hydrogen-bond donors (Lipinski definition) is 2. The Morgan fingerprint density at radius 1 is 1.12 bits per heavy atom. The van der Waals surface area contributed by atoms with Gasteiger partial charge in [0.2, 0.25) is 11.8 Å². The second kappa shape index (κ2) is 11.5. The summed E-state index contributed by atoms with van der Waals surface area (Å²) in [6, 6.07) is 4.13. The lowest BCUT2D eigenvalue weighted by molar-refractivity contribution is -0.150. The molecule has 0 aromatic heterocycles. The van der Waals surface area contributed by atoms with Crippen LogP contribution in [0.4, 0.5) is 10.5 Å². The Morgan fingerprint density at radius 2 is 1.78 bits per heavy atom. The van der Waals surface area contributed by atoms with Crippen LogP contribution in [0, 0.1) is 16.7 Å². The lowest BCUT2D eigenvalue weighted by Gasteiger charge is -2.40. The van der Waals surface area contributed by atoms with Gasteiger partial charge in [-0.2, -0.15) is 0 Å². The lowest BCUT2D eigenvalue weighted by atomic mass is 9.74. The number of carbonyl (C=O) groups is 4. The number of likely N-dealkylation sites (tertiary alicyclic amines) is 1. The van der Waals surface area contributed by atoms with Crippen LogP contribution in [0.5, 0.6) is 0 Å². The van der Waals surface area contributed by atoms with Gasteiger partial charge in [0, 0.05) is 23.6 Å². The highest BCUT2D eigenvalue weighted by atomic mass is 35.5. The van der Waals surface area contributed by atoms with Crippen LogP contribution in [0.1, 0.15) is 86.5 Å². The van der Waals surface area contributed by atoms with Gasteiger partial charge in [0.05, 0.1) is 12.6 Å². The van der Waals surface area contributed by atoms with Crippen molar-refractivity contribution in [1.82, 2.24) is 10.2 Å². The number of rotatable bonds is 6. The summed E-state index contributed by atoms with van der Waals surface area (Å²) in [5.74, 6) is -1.56. The maximum atomic E-state index is 14.2. The topological polar surface area (TPSA) is 116 Å². The molecular weight excluding hydrogens is 546 g/mol. The molecule has 10 heteroatoms. The van der Waals surface area contributed by atoms with Gasteiger partial charge in [-0.15, -0.1) is 0 Å². The van der Waals surface area contributed by atoms with E-state index in [0.717, 1.165) is 25.7 Å². The monoisotopic (exact) mass is 589 g/mol. The van der Waals surface area contributed by atoms with E-state index in [1.807, 2.05) is 41.5 Å². The Balaban J connectivity index is 1.65. The van der Waals surface area contributed by atoms with Crippen LogP contribution in [0.3, 0.4) is 0 Å². The molecule has 1 saturated carbocycles. The smallest absolute Gasteiger partial charge is 0.415 e. The first-order chi connectivity index (χ1) is 19.0. The summed E-state index contributed by atoms with van der Waals surface area (Å²) in [5, 5.41) is 13.7. The minimum atomic E-state index is -1.27. The van der Waals surface area contributed by atoms with Gasteiger partial charge in [-0.1, -0.05) is 78.5 Å². The predicted octanol–water partition coefficient (Wildman–Crippen LogP) is 5.64. The number of carbonyl (C=O) groups excluding carboxylic acids is 3. The minimum Gasteiger partial charge on any atom is -0.480 e. The third kappa shape index (κ3) is 6.50. The summed E-state index contributed by atoms with van der Waals surface area (Å²) >= 11 is 6.25. The highest BCUT2D eigenvalue weighted by Gasteiger charge is 2.65. The fourth-order valence-electron chi connectivity index (χ4n) is 6.99. The van der Waals surface area contributed by atoms with E-state index in [1.165, 1.54) is 16.2 Å². The zero-order chi connectivity index (χ0) is 30.3. The Labute approximate surface area is 247 Å². The molecule has 2 heterocycles. The number of halogens is 1. The first kappa shape index (κ1) is 31.1. The van der Waals surface area contributed by atoms with Crippen molar-refractivity contribution in [3.63, 3.8) is 0 Å². The Kier molecular flexibility index (Phi) is 8.70. The Bertz CT molecular complexity index is 1190. The Morgan fingerprint density at radius 3 is 2.34 bits per heavy atom. The van der Waals surface area contributed by atoms with Crippen LogP contribution < -0.4 is 10.2 Å². The number of carboxylic acids is 1. The molecule has 4 atom stereocenters. The van der Waals surface area contributed by atoms with Crippen LogP contribution in [0.15, 0.2) is 24.3 Å². The predicted molar refractivity (Wildman–Crippen MR) is 157 cm³/mol. The average molecular weight is 590 g/mol. The number of nitrogens with one attached hydrogen (secondary N) is 1. The molecule has 2 N–H and O–H groups in total. The number of benzene rings is 1. The summed E-state index contributed by atoms with van der Waals surface area (Å²) in [6.07, 6.45) is 5.07. The highest BCUT2D eigenvalue weighted by Crippen LogP contribution is 2.49. The molecule has 226 valence electrons. The molecule has 3 amide bonds. The van der Waals surface area contributed by atoms with E-state index in [9.17, 15) is 24.3 Å². The molecule has 4 rings (SSSR count). The first-order valence-electron chi connectivity index (χ1n) is 14.6. The average Bonchev–Trinajstić information content (AvgIpc) is 3.39. The van der Waals surface area contributed by atoms with E-state index in [4.69, 9.17) is 16.3 Å². The molecule has 2 aliphatic heterocycles. The van der Waals surface area contributed by atoms with Crippen molar-refractivity contribution in [3.05, 3.63) is 29.3 Å². The molecule has 0 radical (unpaired) electrons. The van der Waals surface area contributed by atoms with Gasteiger partial charge in [-0.05, 0) is 47.8 Å². The normalized spacial score (nSPS) is 26.3. The van der Waals surface area contributed by atoms with Crippen molar-refractivity contribution < 1.29 is 29.0 Å². The molecule has 1 aromatic rings. The minimum absolute atomic E-state index is 0.0638. The number of hydrogen-bond acceptors (Lipinski definition) is 5. The van der Waals surface area contributed by atoms with E-state index in [0.29, 0.717) is 23.0 Å². The van der Waals surface area contributed by atoms with E-state index >= 15 is 0 Å². The van der Waals surface area contributed by atoms with Crippen LogP contribution >= 0.6 is 11.6 Å². The molecule has 9 nitrogen and oxygen atoms in total. The molecule has 41 heavy (non-hydrogen) atoms. The maximum Gasteiger partial charge on any atom is 0.415 e. The molecule has 3 fully saturated rings. The van der Waals surface area contributed by atoms with Crippen molar-refractivity contribution in [1.29, 1.82) is 0 Å². The van der Waals surface area contributed by atoms with E-state index in [2.05, 4.69) is 5.32 Å². The molecule has 2 saturated heterocycles. The zero-order valence-corrected chi connectivity index (χ0v) is 25.8. The number of anilines is 1. The van der Waals surface area contributed by atoms with Crippen molar-refractivity contribution in [3.8, 4) is 0 Å². The molecular formula is C31H44ClN3O6. The summed E-state index contributed by atoms with van der Waals surface area (Å²) in [5.41, 5.74) is -1.96. The van der Waals surface area contributed by atoms with E-state index in [1.54, 1.807) is 24.3 Å². The molecule has 3 aliphatic rings. The second-order valence-electron chi connectivity index (χ2n) is 14.2. The van der Waals surface area contributed by atoms with Crippen LogP contribution in [-0.4, -0.2) is 64.2 Å². The van der Waals surface area contributed by atoms with Gasteiger partial charge in [-0.25, -0.2) is 9.59 Å². The first-order valence-corrected chi connectivity index (χ1v) is 15.0. The molecule has 2 unspecified atom stereocenters. The van der Waals surface area contributed by atoms with Crippen LogP contribution in [0.2, 0.25) is 5.02 Å². The molecule has 0 bridgehead atoms. The van der Waals surface area contributed by atoms with E-state index in [-0.39, 0.29) is 18.9 Å². The van der Waals surface area contributed by atoms with Crippen molar-refractivity contribution >= 4 is 41.2 Å². The van der Waals surface area contributed by atoms with E-state index < -0.39 is 52.5 Å². The number of ether oxygens (including phenoxy) is 1. The van der Waals surface area contributed by atoms with Crippen LogP contribution in [0.25, 0.3) is 0 Å². The number of nitrogens with zero attached hydrogens (tertiary/aromatic N) is 2. The van der Waals surface area contributed by atoms with Gasteiger partial charge in [0.1, 0.15) is 12.1 Å². The summed E-state index contributed by atoms with van der Waals surface area (Å²) in [4.78, 5) is 56.2. The summed E-state index contributed by atoms with van der Waals surface area (Å²) in [6.45, 7) is 11.3. The molecule has 1 aliphatic carbocycles. The number of amides is 3. The van der Waals surface area contributed by atoms with Crippen molar-refractivity contribution in [2.75, 3.05) is 11.4 Å². The van der Waals surface area contributed by atoms with Gasteiger partial charge < -0.3 is 20.1 Å². The molecule has 1 spiro atoms. The summed E-state index contributed by atoms with van der Waals surface area (Å²) in [7, 11) is 0. The lowest BCUT2D eigenvalue weighted by Crippen LogP contribution is -2.58. The fraction of sp³-hybridized carbons (Fsp3) is 0.677. The van der Waals surface area contributed by atoms with Crippen molar-refractivity contribution in [2.45, 2.75) is 110 Å². The highest BCUT2D eigenvalue weighted by molar-refractivity contribution is 6.30. The SMILES string of the molecule is CC(C)(C)C(NC(=O)CC1CCCCC1)C(=O)N1C[C@]2(C[C@H]1C(=O)O)OC(=O)N(c1cccc(Cl)c1)C2C(C)(C)C. The maximum absolute atomic E-state index is 14.2. The number of aliphatic carboxylic acids is 1. The largest absolute Gasteiger partial charge is 0.480 e. The van der Waals surface area contributed by atoms with Crippen LogP contribution in [-0.2, 0) is 19.1 Å². The Hall–Kier alpha value is -2.81. The van der Waals surface area contributed by atoms with Gasteiger partial charge in [0.15, 0.2) is 5.60 Å². The third-order valence-corrected chi connectivity index (χ3v) is 8.92. The second-order valence-corrected chi connectivity index (χ2v) is 14.6. The standard InChI is InChI=1S/C31H44ClN3O6/c1-29(2,3)24(33-23(36)15-19-11-8-7-9-12-19)25(37)34-18-31(17-22(34)26(38)39)27(30(4,5)6)35(28(40)41-31)21-14-10-13-20(32)16-21/h10,13-14,16,19,22,24,27H,7-9,11-12,15,17-18H2,1-6H3,(H,33,36)(H,38,39)/t22-,24?,27?,31-/m0/s1. The number of carboxylic acid groups (broad SMARTS) is 1.